The fourth-order valence-electron chi connectivity index (χ4n) is 2.04. The number of aromatic carboxylic acids is 1. The average molecular weight is 279 g/mol. The van der Waals surface area contributed by atoms with E-state index in [1.165, 1.54) is 6.07 Å². The van der Waals surface area contributed by atoms with Gasteiger partial charge in [-0.2, -0.15) is 0 Å². The van der Waals surface area contributed by atoms with Gasteiger partial charge in [-0.05, 0) is 30.7 Å². The summed E-state index contributed by atoms with van der Waals surface area (Å²) in [6.45, 7) is 2.01. The fourth-order valence-corrected chi connectivity index (χ4v) is 2.24. The fraction of sp³-hybridized carbons (Fsp3) is 0.214. The number of rotatable bonds is 3. The minimum atomic E-state index is -1.00. The summed E-state index contributed by atoms with van der Waals surface area (Å²) in [4.78, 5) is 13.2. The molecule has 5 heteroatoms. The monoisotopic (exact) mass is 278 g/mol. The van der Waals surface area contributed by atoms with Gasteiger partial charge in [-0.15, -0.1) is 0 Å². The molecule has 0 aliphatic heterocycles. The standard InChI is InChI=1S/C14H15ClN2O2/c1-9-4-5-11(7-12(9)16(2)3)17-8-10(15)6-13(17)14(18)19/h4-8H,1-3H3,(H,18,19). The molecule has 2 aromatic rings. The van der Waals surface area contributed by atoms with Crippen LogP contribution < -0.4 is 4.90 Å². The molecular formula is C14H15ClN2O2. The topological polar surface area (TPSA) is 45.5 Å². The molecule has 19 heavy (non-hydrogen) atoms. The summed E-state index contributed by atoms with van der Waals surface area (Å²) in [6, 6.07) is 7.23. The van der Waals surface area contributed by atoms with E-state index in [1.54, 1.807) is 10.8 Å². The first-order chi connectivity index (χ1) is 8.90. The van der Waals surface area contributed by atoms with Crippen molar-refractivity contribution in [2.24, 2.45) is 0 Å². The molecule has 0 aliphatic rings. The highest BCUT2D eigenvalue weighted by atomic mass is 35.5. The molecule has 1 heterocycles. The van der Waals surface area contributed by atoms with Crippen molar-refractivity contribution in [3.8, 4) is 5.69 Å². The number of aromatic nitrogens is 1. The van der Waals surface area contributed by atoms with Gasteiger partial charge in [0.2, 0.25) is 0 Å². The van der Waals surface area contributed by atoms with Gasteiger partial charge in [0.05, 0.1) is 5.02 Å². The summed E-state index contributed by atoms with van der Waals surface area (Å²) >= 11 is 5.90. The van der Waals surface area contributed by atoms with Gasteiger partial charge >= 0.3 is 5.97 Å². The highest BCUT2D eigenvalue weighted by Crippen LogP contribution is 2.25. The van der Waals surface area contributed by atoms with Gasteiger partial charge in [0.15, 0.2) is 0 Å². The van der Waals surface area contributed by atoms with Crippen LogP contribution in [0.3, 0.4) is 0 Å². The van der Waals surface area contributed by atoms with Crippen LogP contribution in [0.5, 0.6) is 0 Å². The summed E-state index contributed by atoms with van der Waals surface area (Å²) < 4.78 is 1.58. The van der Waals surface area contributed by atoms with Gasteiger partial charge in [0.25, 0.3) is 0 Å². The van der Waals surface area contributed by atoms with Crippen molar-refractivity contribution in [2.75, 3.05) is 19.0 Å². The maximum absolute atomic E-state index is 11.2. The van der Waals surface area contributed by atoms with Gasteiger partial charge in [0.1, 0.15) is 5.69 Å². The quantitative estimate of drug-likeness (QED) is 0.938. The van der Waals surface area contributed by atoms with E-state index in [1.807, 2.05) is 44.1 Å². The summed E-state index contributed by atoms with van der Waals surface area (Å²) in [7, 11) is 3.90. The van der Waals surface area contributed by atoms with E-state index in [4.69, 9.17) is 11.6 Å². The zero-order chi connectivity index (χ0) is 14.2. The van der Waals surface area contributed by atoms with E-state index >= 15 is 0 Å². The number of carbonyl (C=O) groups is 1. The van der Waals surface area contributed by atoms with Crippen LogP contribution in [0.15, 0.2) is 30.5 Å². The molecule has 0 amide bonds. The number of halogens is 1. The van der Waals surface area contributed by atoms with Crippen LogP contribution in [-0.4, -0.2) is 29.7 Å². The van der Waals surface area contributed by atoms with E-state index in [0.717, 1.165) is 16.9 Å². The van der Waals surface area contributed by atoms with Crippen LogP contribution in [0.1, 0.15) is 16.1 Å². The molecule has 0 saturated carbocycles. The Hall–Kier alpha value is -1.94. The molecule has 1 N–H and O–H groups in total. The molecular weight excluding hydrogens is 264 g/mol. The van der Waals surface area contributed by atoms with Gasteiger partial charge in [-0.3, -0.25) is 0 Å². The molecule has 0 radical (unpaired) electrons. The van der Waals surface area contributed by atoms with Crippen LogP contribution in [0, 0.1) is 6.92 Å². The molecule has 0 unspecified atom stereocenters. The van der Waals surface area contributed by atoms with Crippen LogP contribution in [0.2, 0.25) is 5.02 Å². The van der Waals surface area contributed by atoms with Crippen molar-refractivity contribution in [3.63, 3.8) is 0 Å². The Morgan fingerprint density at radius 1 is 1.32 bits per heavy atom. The first-order valence-corrected chi connectivity index (χ1v) is 6.17. The second-order valence-electron chi connectivity index (χ2n) is 4.58. The molecule has 0 bridgehead atoms. The maximum Gasteiger partial charge on any atom is 0.352 e. The van der Waals surface area contributed by atoms with E-state index < -0.39 is 5.97 Å². The van der Waals surface area contributed by atoms with E-state index in [-0.39, 0.29) is 5.69 Å². The number of benzene rings is 1. The maximum atomic E-state index is 11.2. The number of anilines is 1. The smallest absolute Gasteiger partial charge is 0.352 e. The molecule has 100 valence electrons. The van der Waals surface area contributed by atoms with Crippen molar-refractivity contribution >= 4 is 23.3 Å². The molecule has 1 aromatic heterocycles. The zero-order valence-corrected chi connectivity index (χ0v) is 11.8. The van der Waals surface area contributed by atoms with Crippen molar-refractivity contribution in [1.82, 2.24) is 4.57 Å². The summed E-state index contributed by atoms with van der Waals surface area (Å²) in [5, 5.41) is 9.59. The first-order valence-electron chi connectivity index (χ1n) is 5.79. The minimum absolute atomic E-state index is 0.151. The van der Waals surface area contributed by atoms with Crippen molar-refractivity contribution in [3.05, 3.63) is 46.7 Å². The Morgan fingerprint density at radius 3 is 2.58 bits per heavy atom. The predicted octanol–water partition coefficient (Wildman–Crippen LogP) is 3.20. The highest BCUT2D eigenvalue weighted by Gasteiger charge is 2.14. The second kappa shape index (κ2) is 4.97. The molecule has 0 fully saturated rings. The van der Waals surface area contributed by atoms with E-state index in [9.17, 15) is 9.90 Å². The van der Waals surface area contributed by atoms with Crippen molar-refractivity contribution in [1.29, 1.82) is 0 Å². The third kappa shape index (κ3) is 2.58. The van der Waals surface area contributed by atoms with E-state index in [2.05, 4.69) is 0 Å². The Labute approximate surface area is 116 Å². The lowest BCUT2D eigenvalue weighted by Gasteiger charge is -2.17. The average Bonchev–Trinajstić information content (AvgIpc) is 2.71. The number of nitrogens with zero attached hydrogens (tertiary/aromatic N) is 2. The van der Waals surface area contributed by atoms with Gasteiger partial charge in [-0.1, -0.05) is 17.7 Å². The van der Waals surface area contributed by atoms with Gasteiger partial charge < -0.3 is 14.6 Å². The SMILES string of the molecule is Cc1ccc(-n2cc(Cl)cc2C(=O)O)cc1N(C)C. The first kappa shape index (κ1) is 13.5. The number of carboxylic acids is 1. The van der Waals surface area contributed by atoms with Crippen molar-refractivity contribution < 1.29 is 9.90 Å². The minimum Gasteiger partial charge on any atom is -0.477 e. The molecule has 0 atom stereocenters. The second-order valence-corrected chi connectivity index (χ2v) is 5.02. The van der Waals surface area contributed by atoms with Crippen LogP contribution in [0.25, 0.3) is 5.69 Å². The van der Waals surface area contributed by atoms with Gasteiger partial charge in [0, 0.05) is 31.7 Å². The number of carboxylic acid groups (broad SMARTS) is 1. The highest BCUT2D eigenvalue weighted by molar-refractivity contribution is 6.31. The molecule has 4 nitrogen and oxygen atoms in total. The lowest BCUT2D eigenvalue weighted by molar-refractivity contribution is 0.0688. The number of hydrogen-bond acceptors (Lipinski definition) is 2. The Kier molecular flexibility index (Phi) is 3.53. The predicted molar refractivity (Wildman–Crippen MR) is 76.8 cm³/mol. The molecule has 1 aromatic carbocycles. The number of hydrogen-bond donors (Lipinski definition) is 1. The zero-order valence-electron chi connectivity index (χ0n) is 11.0. The van der Waals surface area contributed by atoms with Gasteiger partial charge in [-0.25, -0.2) is 4.79 Å². The molecule has 2 rings (SSSR count). The number of aryl methyl sites for hydroxylation is 1. The molecule has 0 saturated heterocycles. The Balaban J connectivity index is 2.59. The summed E-state index contributed by atoms with van der Waals surface area (Å²) in [5.74, 6) is -1.00. The summed E-state index contributed by atoms with van der Waals surface area (Å²) in [5.41, 5.74) is 3.10. The van der Waals surface area contributed by atoms with Crippen LogP contribution in [-0.2, 0) is 0 Å². The normalized spacial score (nSPS) is 10.5. The van der Waals surface area contributed by atoms with Crippen LogP contribution in [0.4, 0.5) is 5.69 Å². The molecule has 0 aliphatic carbocycles. The largest absolute Gasteiger partial charge is 0.477 e. The van der Waals surface area contributed by atoms with E-state index in [0.29, 0.717) is 5.02 Å². The molecule has 0 spiro atoms. The summed E-state index contributed by atoms with van der Waals surface area (Å²) in [6.07, 6.45) is 1.61. The lowest BCUT2D eigenvalue weighted by Crippen LogP contribution is -2.12. The Bertz CT molecular complexity index is 632. The third-order valence-electron chi connectivity index (χ3n) is 2.96. The van der Waals surface area contributed by atoms with Crippen LogP contribution >= 0.6 is 11.6 Å². The third-order valence-corrected chi connectivity index (χ3v) is 3.17. The lowest BCUT2D eigenvalue weighted by atomic mass is 10.1. The van der Waals surface area contributed by atoms with Crippen molar-refractivity contribution in [2.45, 2.75) is 6.92 Å². The Morgan fingerprint density at radius 2 is 2.00 bits per heavy atom.